The van der Waals surface area contributed by atoms with E-state index in [1.807, 2.05) is 0 Å². The van der Waals surface area contributed by atoms with Gasteiger partial charge < -0.3 is 20.9 Å². The number of carboxylic acid groups (broad SMARTS) is 1. The van der Waals surface area contributed by atoms with Gasteiger partial charge in [0.05, 0.1) is 18.3 Å². The lowest BCUT2D eigenvalue weighted by Crippen LogP contribution is -2.45. The van der Waals surface area contributed by atoms with Crippen LogP contribution in [0.1, 0.15) is 17.3 Å². The summed E-state index contributed by atoms with van der Waals surface area (Å²) in [5.41, 5.74) is 6.82. The molecule has 0 aromatic heterocycles. The predicted octanol–water partition coefficient (Wildman–Crippen LogP) is 1.10. The number of ether oxygens (including phenoxy) is 1. The zero-order valence-corrected chi connectivity index (χ0v) is 11.6. The van der Waals surface area contributed by atoms with Crippen molar-refractivity contribution < 1.29 is 14.6 Å². The first-order chi connectivity index (χ1) is 9.60. The molecule has 1 aliphatic heterocycles. The molecule has 1 unspecified atom stereocenters. The quantitative estimate of drug-likeness (QED) is 0.700. The summed E-state index contributed by atoms with van der Waals surface area (Å²) in [6.45, 7) is 6.24. The number of anilines is 2. The fourth-order valence-corrected chi connectivity index (χ4v) is 2.31. The van der Waals surface area contributed by atoms with E-state index in [1.165, 1.54) is 6.07 Å². The first-order valence-corrected chi connectivity index (χ1v) is 6.80. The molecule has 1 saturated heterocycles. The third-order valence-electron chi connectivity index (χ3n) is 3.46. The second-order valence-electron chi connectivity index (χ2n) is 4.88. The van der Waals surface area contributed by atoms with Crippen LogP contribution in [0.15, 0.2) is 18.2 Å². The zero-order chi connectivity index (χ0) is 14.5. The Morgan fingerprint density at radius 2 is 2.40 bits per heavy atom. The average Bonchev–Trinajstić information content (AvgIpc) is 2.46. The molecule has 0 aliphatic carbocycles. The van der Waals surface area contributed by atoms with Gasteiger partial charge in [0.15, 0.2) is 0 Å². The number of likely N-dealkylation sites (N-methyl/N-ethyl adjacent to an activating group) is 1. The Morgan fingerprint density at radius 1 is 1.60 bits per heavy atom. The molecule has 1 aromatic carbocycles. The minimum absolute atomic E-state index is 0.0721. The number of rotatable bonds is 5. The number of nitrogens with one attached hydrogen (secondary N) is 1. The SMILES string of the molecule is CCN1CCOC(CNc2ccc(N)cc2C(=O)O)C1. The highest BCUT2D eigenvalue weighted by atomic mass is 16.5. The van der Waals surface area contributed by atoms with Crippen molar-refractivity contribution in [3.05, 3.63) is 23.8 Å². The molecular formula is C14H21N3O3. The van der Waals surface area contributed by atoms with Crippen LogP contribution < -0.4 is 11.1 Å². The van der Waals surface area contributed by atoms with Crippen LogP contribution >= 0.6 is 0 Å². The molecule has 1 aliphatic rings. The number of nitrogen functional groups attached to an aromatic ring is 1. The number of aromatic carboxylic acids is 1. The predicted molar refractivity (Wildman–Crippen MR) is 78.2 cm³/mol. The van der Waals surface area contributed by atoms with Gasteiger partial charge in [-0.3, -0.25) is 4.90 Å². The summed E-state index contributed by atoms with van der Waals surface area (Å²) in [7, 11) is 0. The molecule has 6 nitrogen and oxygen atoms in total. The highest BCUT2D eigenvalue weighted by Gasteiger charge is 2.19. The summed E-state index contributed by atoms with van der Waals surface area (Å²) in [5.74, 6) is -0.987. The van der Waals surface area contributed by atoms with E-state index in [2.05, 4.69) is 17.1 Å². The van der Waals surface area contributed by atoms with Crippen LogP contribution in [0.5, 0.6) is 0 Å². The Hall–Kier alpha value is -1.79. The van der Waals surface area contributed by atoms with Crippen molar-refractivity contribution in [2.24, 2.45) is 0 Å². The smallest absolute Gasteiger partial charge is 0.337 e. The highest BCUT2D eigenvalue weighted by molar-refractivity contribution is 5.95. The number of carboxylic acids is 1. The standard InChI is InChI=1S/C14H21N3O3/c1-2-17-5-6-20-11(9-17)8-16-13-4-3-10(15)7-12(13)14(18)19/h3-4,7,11,16H,2,5-6,8-9,15H2,1H3,(H,18,19). The molecule has 110 valence electrons. The van der Waals surface area contributed by atoms with Gasteiger partial charge in [-0.15, -0.1) is 0 Å². The number of nitrogens with zero attached hydrogens (tertiary/aromatic N) is 1. The Balaban J connectivity index is 1.98. The van der Waals surface area contributed by atoms with Crippen molar-refractivity contribution in [2.45, 2.75) is 13.0 Å². The number of hydrogen-bond donors (Lipinski definition) is 3. The van der Waals surface area contributed by atoms with Gasteiger partial charge in [0.25, 0.3) is 0 Å². The molecule has 4 N–H and O–H groups in total. The number of hydrogen-bond acceptors (Lipinski definition) is 5. The second kappa shape index (κ2) is 6.58. The highest BCUT2D eigenvalue weighted by Crippen LogP contribution is 2.19. The van der Waals surface area contributed by atoms with E-state index in [9.17, 15) is 9.90 Å². The topological polar surface area (TPSA) is 87.8 Å². The first-order valence-electron chi connectivity index (χ1n) is 6.80. The van der Waals surface area contributed by atoms with Crippen molar-refractivity contribution in [3.63, 3.8) is 0 Å². The number of benzene rings is 1. The molecule has 0 spiro atoms. The minimum Gasteiger partial charge on any atom is -0.478 e. The van der Waals surface area contributed by atoms with E-state index in [0.29, 0.717) is 24.5 Å². The van der Waals surface area contributed by atoms with Crippen molar-refractivity contribution >= 4 is 17.3 Å². The third kappa shape index (κ3) is 3.61. The normalized spacial score (nSPS) is 19.8. The Bertz CT molecular complexity index is 479. The summed E-state index contributed by atoms with van der Waals surface area (Å²) in [6.07, 6.45) is 0.0721. The van der Waals surface area contributed by atoms with Gasteiger partial charge >= 0.3 is 5.97 Å². The van der Waals surface area contributed by atoms with E-state index < -0.39 is 5.97 Å². The van der Waals surface area contributed by atoms with Crippen molar-refractivity contribution in [1.29, 1.82) is 0 Å². The van der Waals surface area contributed by atoms with Gasteiger partial charge in [-0.1, -0.05) is 6.92 Å². The largest absolute Gasteiger partial charge is 0.478 e. The Labute approximate surface area is 118 Å². The van der Waals surface area contributed by atoms with Gasteiger partial charge in [0.2, 0.25) is 0 Å². The van der Waals surface area contributed by atoms with Crippen LogP contribution in [0.25, 0.3) is 0 Å². The summed E-state index contributed by atoms with van der Waals surface area (Å²) < 4.78 is 5.68. The van der Waals surface area contributed by atoms with E-state index in [0.717, 1.165) is 19.6 Å². The molecule has 1 aromatic rings. The van der Waals surface area contributed by atoms with Gasteiger partial charge in [-0.05, 0) is 24.7 Å². The molecule has 0 radical (unpaired) electrons. The van der Waals surface area contributed by atoms with Crippen LogP contribution in [0.4, 0.5) is 11.4 Å². The van der Waals surface area contributed by atoms with Crippen LogP contribution in [0.3, 0.4) is 0 Å². The van der Waals surface area contributed by atoms with Crippen LogP contribution in [-0.4, -0.2) is 54.9 Å². The van der Waals surface area contributed by atoms with Crippen molar-refractivity contribution in [1.82, 2.24) is 4.90 Å². The third-order valence-corrected chi connectivity index (χ3v) is 3.46. The fraction of sp³-hybridized carbons (Fsp3) is 0.500. The van der Waals surface area contributed by atoms with Crippen molar-refractivity contribution in [2.75, 3.05) is 43.8 Å². The maximum atomic E-state index is 11.2. The van der Waals surface area contributed by atoms with E-state index in [4.69, 9.17) is 10.5 Å². The molecule has 1 fully saturated rings. The summed E-state index contributed by atoms with van der Waals surface area (Å²) >= 11 is 0. The lowest BCUT2D eigenvalue weighted by Gasteiger charge is -2.32. The van der Waals surface area contributed by atoms with Crippen LogP contribution in [0.2, 0.25) is 0 Å². The molecule has 0 saturated carbocycles. The molecular weight excluding hydrogens is 258 g/mol. The molecule has 2 rings (SSSR count). The zero-order valence-electron chi connectivity index (χ0n) is 11.6. The average molecular weight is 279 g/mol. The summed E-state index contributed by atoms with van der Waals surface area (Å²) in [5, 5.41) is 12.3. The molecule has 1 heterocycles. The monoisotopic (exact) mass is 279 g/mol. The minimum atomic E-state index is -0.987. The van der Waals surface area contributed by atoms with Crippen LogP contribution in [-0.2, 0) is 4.74 Å². The maximum Gasteiger partial charge on any atom is 0.337 e. The Morgan fingerprint density at radius 3 is 3.10 bits per heavy atom. The maximum absolute atomic E-state index is 11.2. The lowest BCUT2D eigenvalue weighted by molar-refractivity contribution is -0.0191. The second-order valence-corrected chi connectivity index (χ2v) is 4.88. The number of morpholine rings is 1. The molecule has 0 bridgehead atoms. The number of nitrogens with two attached hydrogens (primary N) is 1. The van der Waals surface area contributed by atoms with E-state index in [-0.39, 0.29) is 11.7 Å². The van der Waals surface area contributed by atoms with Crippen LogP contribution in [0, 0.1) is 0 Å². The summed E-state index contributed by atoms with van der Waals surface area (Å²) in [6, 6.07) is 4.85. The van der Waals surface area contributed by atoms with Gasteiger partial charge in [-0.2, -0.15) is 0 Å². The molecule has 20 heavy (non-hydrogen) atoms. The first kappa shape index (κ1) is 14.6. The number of carbonyl (C=O) groups is 1. The van der Waals surface area contributed by atoms with E-state index >= 15 is 0 Å². The van der Waals surface area contributed by atoms with E-state index in [1.54, 1.807) is 12.1 Å². The van der Waals surface area contributed by atoms with Crippen molar-refractivity contribution in [3.8, 4) is 0 Å². The van der Waals surface area contributed by atoms with Gasteiger partial charge in [0, 0.05) is 31.0 Å². The fourth-order valence-electron chi connectivity index (χ4n) is 2.31. The van der Waals surface area contributed by atoms with Gasteiger partial charge in [0.1, 0.15) is 0 Å². The molecule has 6 heteroatoms. The summed E-state index contributed by atoms with van der Waals surface area (Å²) in [4.78, 5) is 13.5. The molecule has 0 amide bonds. The lowest BCUT2D eigenvalue weighted by atomic mass is 10.1. The molecule has 1 atom stereocenters. The Kier molecular flexibility index (Phi) is 4.81. The van der Waals surface area contributed by atoms with Gasteiger partial charge in [-0.25, -0.2) is 4.79 Å².